The monoisotopic (exact) mass is 401 g/mol. The molecule has 1 aliphatic heterocycles. The van der Waals surface area contributed by atoms with Gasteiger partial charge in [0.2, 0.25) is 0 Å². The van der Waals surface area contributed by atoms with Gasteiger partial charge in [-0.05, 0) is 42.2 Å². The minimum atomic E-state index is -3.21. The third-order valence-corrected chi connectivity index (χ3v) is 5.52. The largest absolute Gasteiger partial charge is 0.449 e. The van der Waals surface area contributed by atoms with Crippen LogP contribution in [0.5, 0.6) is 0 Å². The molecule has 1 aliphatic rings. The van der Waals surface area contributed by atoms with E-state index < -0.39 is 21.9 Å². The maximum absolute atomic E-state index is 12.7. The van der Waals surface area contributed by atoms with Gasteiger partial charge in [-0.25, -0.2) is 13.2 Å². The molecule has 1 atom stereocenters. The molecule has 0 fully saturated rings. The van der Waals surface area contributed by atoms with Gasteiger partial charge in [0.25, 0.3) is 5.91 Å². The average molecular weight is 401 g/mol. The molecule has 0 radical (unpaired) electrons. The quantitative estimate of drug-likeness (QED) is 0.719. The summed E-state index contributed by atoms with van der Waals surface area (Å²) in [6.07, 6.45) is 0.988. The molecule has 1 amide bonds. The second-order valence-electron chi connectivity index (χ2n) is 7.10. The van der Waals surface area contributed by atoms with E-state index in [1.165, 1.54) is 11.6 Å². The minimum Gasteiger partial charge on any atom is -0.449 e. The smallest absolute Gasteiger partial charge is 0.338 e. The average Bonchev–Trinajstić information content (AvgIpc) is 2.65. The van der Waals surface area contributed by atoms with Crippen LogP contribution in [-0.4, -0.2) is 44.1 Å². The van der Waals surface area contributed by atoms with Crippen LogP contribution in [0.1, 0.15) is 34.0 Å². The molecule has 1 heterocycles. The highest BCUT2D eigenvalue weighted by atomic mass is 32.2. The van der Waals surface area contributed by atoms with Crippen LogP contribution in [0.3, 0.4) is 0 Å². The third-order valence-electron chi connectivity index (χ3n) is 4.67. The summed E-state index contributed by atoms with van der Waals surface area (Å²) in [7, 11) is -3.21. The molecule has 1 unspecified atom stereocenters. The van der Waals surface area contributed by atoms with Crippen molar-refractivity contribution < 1.29 is 22.7 Å². The Bertz CT molecular complexity index is 999. The lowest BCUT2D eigenvalue weighted by Crippen LogP contribution is -2.42. The number of hydrogen-bond donors (Lipinski definition) is 0. The highest BCUT2D eigenvalue weighted by molar-refractivity contribution is 7.89. The Morgan fingerprint density at radius 1 is 1.11 bits per heavy atom. The number of carbonyl (C=O) groups is 2. The Morgan fingerprint density at radius 3 is 2.54 bits per heavy atom. The van der Waals surface area contributed by atoms with Gasteiger partial charge in [-0.3, -0.25) is 4.79 Å². The number of sulfone groups is 1. The molecular formula is C21H23NO5S. The molecule has 0 spiro atoms. The molecule has 0 aromatic heterocycles. The molecule has 28 heavy (non-hydrogen) atoms. The highest BCUT2D eigenvalue weighted by Gasteiger charge is 2.27. The number of carbonyl (C=O) groups excluding carboxylic acids is 2. The number of fused-ring (bicyclic) bond motifs is 1. The zero-order valence-electron chi connectivity index (χ0n) is 15.9. The first kappa shape index (κ1) is 20.1. The van der Waals surface area contributed by atoms with Gasteiger partial charge in [-0.15, -0.1) is 0 Å². The molecule has 0 bridgehead atoms. The SMILES string of the molecule is CC(OC(=O)c1cccc(CS(C)(=O)=O)c1)C(=O)N1CCc2ccccc2C1. The van der Waals surface area contributed by atoms with Crippen LogP contribution >= 0.6 is 0 Å². The van der Waals surface area contributed by atoms with Gasteiger partial charge in [-0.2, -0.15) is 0 Å². The van der Waals surface area contributed by atoms with Crippen LogP contribution in [0, 0.1) is 0 Å². The second kappa shape index (κ2) is 8.14. The Morgan fingerprint density at radius 2 is 1.82 bits per heavy atom. The molecule has 0 aliphatic carbocycles. The van der Waals surface area contributed by atoms with E-state index in [2.05, 4.69) is 6.07 Å². The van der Waals surface area contributed by atoms with Gasteiger partial charge in [0.1, 0.15) is 0 Å². The van der Waals surface area contributed by atoms with Gasteiger partial charge in [0, 0.05) is 19.3 Å². The van der Waals surface area contributed by atoms with E-state index in [1.54, 1.807) is 30.0 Å². The van der Waals surface area contributed by atoms with Crippen molar-refractivity contribution in [1.82, 2.24) is 4.90 Å². The van der Waals surface area contributed by atoms with E-state index in [-0.39, 0.29) is 17.2 Å². The molecule has 6 nitrogen and oxygen atoms in total. The van der Waals surface area contributed by atoms with Crippen molar-refractivity contribution in [2.75, 3.05) is 12.8 Å². The lowest BCUT2D eigenvalue weighted by atomic mass is 9.99. The van der Waals surface area contributed by atoms with Gasteiger partial charge in [-0.1, -0.05) is 36.4 Å². The number of hydrogen-bond acceptors (Lipinski definition) is 5. The maximum atomic E-state index is 12.7. The minimum absolute atomic E-state index is 0.157. The van der Waals surface area contributed by atoms with Crippen molar-refractivity contribution in [3.8, 4) is 0 Å². The second-order valence-corrected chi connectivity index (χ2v) is 9.24. The first-order valence-electron chi connectivity index (χ1n) is 9.06. The van der Waals surface area contributed by atoms with Crippen LogP contribution in [-0.2, 0) is 38.1 Å². The summed E-state index contributed by atoms with van der Waals surface area (Å²) in [4.78, 5) is 26.8. The number of amides is 1. The zero-order chi connectivity index (χ0) is 20.3. The molecule has 7 heteroatoms. The van der Waals surface area contributed by atoms with E-state index in [1.807, 2.05) is 18.2 Å². The lowest BCUT2D eigenvalue weighted by Gasteiger charge is -2.30. The zero-order valence-corrected chi connectivity index (χ0v) is 16.7. The van der Waals surface area contributed by atoms with Gasteiger partial charge < -0.3 is 9.64 Å². The maximum Gasteiger partial charge on any atom is 0.338 e. The van der Waals surface area contributed by atoms with E-state index in [0.717, 1.165) is 18.2 Å². The first-order chi connectivity index (χ1) is 13.2. The predicted octanol–water partition coefficient (Wildman–Crippen LogP) is 2.36. The van der Waals surface area contributed by atoms with Crippen molar-refractivity contribution in [3.05, 3.63) is 70.8 Å². The van der Waals surface area contributed by atoms with Gasteiger partial charge in [0.15, 0.2) is 15.9 Å². The third kappa shape index (κ3) is 4.98. The van der Waals surface area contributed by atoms with Crippen LogP contribution in [0.25, 0.3) is 0 Å². The van der Waals surface area contributed by atoms with Gasteiger partial charge in [0.05, 0.1) is 11.3 Å². The fourth-order valence-corrected chi connectivity index (χ4v) is 4.10. The Balaban J connectivity index is 1.64. The van der Waals surface area contributed by atoms with Crippen molar-refractivity contribution in [2.45, 2.75) is 31.7 Å². The molecule has 2 aromatic carbocycles. The predicted molar refractivity (Wildman–Crippen MR) is 105 cm³/mol. The number of rotatable bonds is 5. The Hall–Kier alpha value is -2.67. The van der Waals surface area contributed by atoms with Crippen molar-refractivity contribution >= 4 is 21.7 Å². The topological polar surface area (TPSA) is 80.8 Å². The number of ether oxygens (including phenoxy) is 1. The first-order valence-corrected chi connectivity index (χ1v) is 11.1. The van der Waals surface area contributed by atoms with Crippen LogP contribution < -0.4 is 0 Å². The van der Waals surface area contributed by atoms with Gasteiger partial charge >= 0.3 is 5.97 Å². The molecule has 148 valence electrons. The molecule has 0 saturated carbocycles. The summed E-state index contributed by atoms with van der Waals surface area (Å²) in [5, 5.41) is 0. The van der Waals surface area contributed by atoms with Crippen LogP contribution in [0.2, 0.25) is 0 Å². The molecular weight excluding hydrogens is 378 g/mol. The molecule has 0 N–H and O–H groups in total. The summed E-state index contributed by atoms with van der Waals surface area (Å²) in [6.45, 7) is 2.64. The lowest BCUT2D eigenvalue weighted by molar-refractivity contribution is -0.140. The number of esters is 1. The Kier molecular flexibility index (Phi) is 5.84. The Labute approximate surface area is 165 Å². The van der Waals surface area contributed by atoms with Crippen LogP contribution in [0.4, 0.5) is 0 Å². The van der Waals surface area contributed by atoms with E-state index in [0.29, 0.717) is 18.7 Å². The molecule has 0 saturated heterocycles. The van der Waals surface area contributed by atoms with E-state index in [9.17, 15) is 18.0 Å². The normalized spacial score (nSPS) is 14.9. The summed E-state index contributed by atoms with van der Waals surface area (Å²) >= 11 is 0. The standard InChI is InChI=1S/C21H23NO5S/c1-15(20(23)22-11-10-17-7-3-4-8-19(17)13-22)27-21(24)18-9-5-6-16(12-18)14-28(2,25)26/h3-9,12,15H,10-11,13-14H2,1-2H3. The summed E-state index contributed by atoms with van der Waals surface area (Å²) in [5.41, 5.74) is 3.07. The number of nitrogens with zero attached hydrogens (tertiary/aromatic N) is 1. The van der Waals surface area contributed by atoms with Crippen molar-refractivity contribution in [3.63, 3.8) is 0 Å². The van der Waals surface area contributed by atoms with Crippen molar-refractivity contribution in [2.24, 2.45) is 0 Å². The highest BCUT2D eigenvalue weighted by Crippen LogP contribution is 2.20. The van der Waals surface area contributed by atoms with Crippen LogP contribution in [0.15, 0.2) is 48.5 Å². The summed E-state index contributed by atoms with van der Waals surface area (Å²) in [5.74, 6) is -1.04. The summed E-state index contributed by atoms with van der Waals surface area (Å²) in [6, 6.07) is 14.3. The summed E-state index contributed by atoms with van der Waals surface area (Å²) < 4.78 is 28.2. The van der Waals surface area contributed by atoms with E-state index >= 15 is 0 Å². The fourth-order valence-electron chi connectivity index (χ4n) is 3.31. The van der Waals surface area contributed by atoms with E-state index in [4.69, 9.17) is 4.74 Å². The fraction of sp³-hybridized carbons (Fsp3) is 0.333. The molecule has 3 rings (SSSR count). The van der Waals surface area contributed by atoms with Crippen molar-refractivity contribution in [1.29, 1.82) is 0 Å². The molecule has 2 aromatic rings. The number of benzene rings is 2.